The second kappa shape index (κ2) is 6.68. The van der Waals surface area contributed by atoms with Crippen LogP contribution in [0.2, 0.25) is 0 Å². The highest BCUT2D eigenvalue weighted by Crippen LogP contribution is 2.20. The first-order valence-corrected chi connectivity index (χ1v) is 6.61. The summed E-state index contributed by atoms with van der Waals surface area (Å²) in [7, 11) is 0. The van der Waals surface area contributed by atoms with Crippen LogP contribution in [0.5, 0.6) is 0 Å². The van der Waals surface area contributed by atoms with Crippen LogP contribution in [0.25, 0.3) is 0 Å². The highest BCUT2D eigenvalue weighted by molar-refractivity contribution is 5.80. The van der Waals surface area contributed by atoms with Gasteiger partial charge in [-0.05, 0) is 25.8 Å². The van der Waals surface area contributed by atoms with Crippen molar-refractivity contribution in [3.05, 3.63) is 35.9 Å². The SMILES string of the molecule is CC(C(=O)NC(C)(C)CCO)C(N)c1ccccc1. The minimum atomic E-state index is -0.420. The van der Waals surface area contributed by atoms with E-state index in [4.69, 9.17) is 10.8 Å². The lowest BCUT2D eigenvalue weighted by molar-refractivity contribution is -0.126. The Morgan fingerprint density at radius 2 is 1.95 bits per heavy atom. The standard InChI is InChI=1S/C15H24N2O2/c1-11(13(16)12-7-5-4-6-8-12)14(19)17-15(2,3)9-10-18/h4-8,11,13,18H,9-10,16H2,1-3H3,(H,17,19). The van der Waals surface area contributed by atoms with Crippen LogP contribution in [-0.2, 0) is 4.79 Å². The summed E-state index contributed by atoms with van der Waals surface area (Å²) in [6.07, 6.45) is 0.520. The number of carbonyl (C=O) groups is 1. The van der Waals surface area contributed by atoms with Crippen molar-refractivity contribution in [2.24, 2.45) is 11.7 Å². The molecule has 4 nitrogen and oxygen atoms in total. The third kappa shape index (κ3) is 4.65. The zero-order valence-corrected chi connectivity index (χ0v) is 11.9. The number of carbonyl (C=O) groups excluding carboxylic acids is 1. The molecule has 0 aromatic heterocycles. The molecule has 4 N–H and O–H groups in total. The molecule has 0 saturated carbocycles. The van der Waals surface area contributed by atoms with E-state index in [1.807, 2.05) is 51.1 Å². The van der Waals surface area contributed by atoms with E-state index >= 15 is 0 Å². The molecule has 0 fully saturated rings. The van der Waals surface area contributed by atoms with Crippen molar-refractivity contribution in [3.8, 4) is 0 Å². The van der Waals surface area contributed by atoms with Gasteiger partial charge in [0, 0.05) is 18.2 Å². The number of nitrogens with two attached hydrogens (primary N) is 1. The maximum atomic E-state index is 12.2. The summed E-state index contributed by atoms with van der Waals surface area (Å²) in [4.78, 5) is 12.2. The Bertz CT molecular complexity index is 404. The van der Waals surface area contributed by atoms with Crippen LogP contribution < -0.4 is 11.1 Å². The Labute approximate surface area is 115 Å². The monoisotopic (exact) mass is 264 g/mol. The van der Waals surface area contributed by atoms with Crippen molar-refractivity contribution >= 4 is 5.91 Å². The van der Waals surface area contributed by atoms with Crippen LogP contribution in [0.1, 0.15) is 38.8 Å². The highest BCUT2D eigenvalue weighted by Gasteiger charge is 2.27. The third-order valence-electron chi connectivity index (χ3n) is 3.34. The van der Waals surface area contributed by atoms with E-state index < -0.39 is 5.54 Å². The molecule has 0 bridgehead atoms. The molecule has 2 unspecified atom stereocenters. The molecule has 0 aliphatic carbocycles. The number of aliphatic hydroxyl groups excluding tert-OH is 1. The number of amides is 1. The van der Waals surface area contributed by atoms with Crippen LogP contribution in [0.4, 0.5) is 0 Å². The first kappa shape index (κ1) is 15.7. The summed E-state index contributed by atoms with van der Waals surface area (Å²) in [5.74, 6) is -0.407. The van der Waals surface area contributed by atoms with Gasteiger partial charge in [0.25, 0.3) is 0 Å². The van der Waals surface area contributed by atoms with Gasteiger partial charge in [-0.3, -0.25) is 4.79 Å². The van der Waals surface area contributed by atoms with Crippen molar-refractivity contribution in [3.63, 3.8) is 0 Å². The van der Waals surface area contributed by atoms with E-state index in [1.165, 1.54) is 0 Å². The molecule has 0 heterocycles. The predicted molar refractivity (Wildman–Crippen MR) is 76.5 cm³/mol. The molecule has 106 valence electrons. The molecule has 0 spiro atoms. The number of hydrogen-bond acceptors (Lipinski definition) is 3. The van der Waals surface area contributed by atoms with Gasteiger partial charge in [-0.2, -0.15) is 0 Å². The molecule has 0 aliphatic rings. The van der Waals surface area contributed by atoms with Gasteiger partial charge >= 0.3 is 0 Å². The Balaban J connectivity index is 2.67. The second-order valence-corrected chi connectivity index (χ2v) is 5.57. The van der Waals surface area contributed by atoms with Crippen LogP contribution in [0.15, 0.2) is 30.3 Å². The quantitative estimate of drug-likeness (QED) is 0.730. The molecule has 1 aromatic carbocycles. The van der Waals surface area contributed by atoms with E-state index in [0.717, 1.165) is 5.56 Å². The first-order chi connectivity index (χ1) is 8.87. The highest BCUT2D eigenvalue weighted by atomic mass is 16.3. The Morgan fingerprint density at radius 3 is 2.47 bits per heavy atom. The predicted octanol–water partition coefficient (Wildman–Crippen LogP) is 1.60. The molecule has 0 saturated heterocycles. The second-order valence-electron chi connectivity index (χ2n) is 5.57. The summed E-state index contributed by atoms with van der Waals surface area (Å²) >= 11 is 0. The van der Waals surface area contributed by atoms with Crippen LogP contribution in [0, 0.1) is 5.92 Å². The molecule has 0 aliphatic heterocycles. The summed E-state index contributed by atoms with van der Waals surface area (Å²) in [5.41, 5.74) is 6.65. The number of benzene rings is 1. The Morgan fingerprint density at radius 1 is 1.37 bits per heavy atom. The minimum absolute atomic E-state index is 0.0480. The lowest BCUT2D eigenvalue weighted by Gasteiger charge is -2.29. The van der Waals surface area contributed by atoms with Crippen LogP contribution in [-0.4, -0.2) is 23.2 Å². The number of hydrogen-bond donors (Lipinski definition) is 3. The molecule has 4 heteroatoms. The molecular formula is C15H24N2O2. The Hall–Kier alpha value is -1.39. The molecule has 1 rings (SSSR count). The van der Waals surface area contributed by atoms with Gasteiger partial charge in [-0.1, -0.05) is 37.3 Å². The smallest absolute Gasteiger partial charge is 0.225 e. The van der Waals surface area contributed by atoms with Crippen molar-refractivity contribution in [2.75, 3.05) is 6.61 Å². The van der Waals surface area contributed by atoms with E-state index in [2.05, 4.69) is 5.32 Å². The van der Waals surface area contributed by atoms with Crippen molar-refractivity contribution in [1.82, 2.24) is 5.32 Å². The van der Waals surface area contributed by atoms with Crippen molar-refractivity contribution in [2.45, 2.75) is 38.8 Å². The molecule has 1 amide bonds. The van der Waals surface area contributed by atoms with E-state index in [1.54, 1.807) is 0 Å². The summed E-state index contributed by atoms with van der Waals surface area (Å²) in [5, 5.41) is 11.9. The number of aliphatic hydroxyl groups is 1. The van der Waals surface area contributed by atoms with Gasteiger partial charge < -0.3 is 16.2 Å². The van der Waals surface area contributed by atoms with Gasteiger partial charge in [-0.25, -0.2) is 0 Å². The topological polar surface area (TPSA) is 75.3 Å². The van der Waals surface area contributed by atoms with Crippen molar-refractivity contribution < 1.29 is 9.90 Å². The lowest BCUT2D eigenvalue weighted by Crippen LogP contribution is -2.48. The number of nitrogens with one attached hydrogen (secondary N) is 1. The minimum Gasteiger partial charge on any atom is -0.396 e. The van der Waals surface area contributed by atoms with Gasteiger partial charge in [0.15, 0.2) is 0 Å². The molecular weight excluding hydrogens is 240 g/mol. The maximum Gasteiger partial charge on any atom is 0.225 e. The van der Waals surface area contributed by atoms with Crippen molar-refractivity contribution in [1.29, 1.82) is 0 Å². The third-order valence-corrected chi connectivity index (χ3v) is 3.34. The fourth-order valence-corrected chi connectivity index (χ4v) is 1.92. The average molecular weight is 264 g/mol. The van der Waals surface area contributed by atoms with E-state index in [-0.39, 0.29) is 24.5 Å². The van der Waals surface area contributed by atoms with Crippen LogP contribution in [0.3, 0.4) is 0 Å². The molecule has 1 aromatic rings. The lowest BCUT2D eigenvalue weighted by atomic mass is 9.92. The first-order valence-electron chi connectivity index (χ1n) is 6.61. The van der Waals surface area contributed by atoms with Gasteiger partial charge in [0.1, 0.15) is 0 Å². The fraction of sp³-hybridized carbons (Fsp3) is 0.533. The van der Waals surface area contributed by atoms with Crippen LogP contribution >= 0.6 is 0 Å². The molecule has 19 heavy (non-hydrogen) atoms. The van der Waals surface area contributed by atoms with Gasteiger partial charge in [0.2, 0.25) is 5.91 Å². The normalized spacial score (nSPS) is 14.8. The summed E-state index contributed by atoms with van der Waals surface area (Å²) < 4.78 is 0. The maximum absolute atomic E-state index is 12.2. The zero-order chi connectivity index (χ0) is 14.5. The molecule has 2 atom stereocenters. The summed E-state index contributed by atoms with van der Waals surface area (Å²) in [6.45, 7) is 5.65. The van der Waals surface area contributed by atoms with Gasteiger partial charge in [0.05, 0.1) is 5.92 Å². The zero-order valence-electron chi connectivity index (χ0n) is 11.9. The average Bonchev–Trinajstić information content (AvgIpc) is 2.37. The van der Waals surface area contributed by atoms with E-state index in [0.29, 0.717) is 6.42 Å². The van der Waals surface area contributed by atoms with E-state index in [9.17, 15) is 4.79 Å². The Kier molecular flexibility index (Phi) is 5.51. The molecule has 0 radical (unpaired) electrons. The number of rotatable bonds is 6. The largest absolute Gasteiger partial charge is 0.396 e. The summed E-state index contributed by atoms with van der Waals surface area (Å²) in [6, 6.07) is 9.27. The fourth-order valence-electron chi connectivity index (χ4n) is 1.92. The van der Waals surface area contributed by atoms with Gasteiger partial charge in [-0.15, -0.1) is 0 Å².